The van der Waals surface area contributed by atoms with Gasteiger partial charge in [-0.2, -0.15) is 0 Å². The maximum absolute atomic E-state index is 15.0. The second-order valence-corrected chi connectivity index (χ2v) is 13.9. The number of ether oxygens (including phenoxy) is 2. The average Bonchev–Trinajstić information content (AvgIpc) is 3.31. The van der Waals surface area contributed by atoms with Crippen molar-refractivity contribution in [3.8, 4) is 0 Å². The van der Waals surface area contributed by atoms with Crippen LogP contribution in [0.15, 0.2) is 95.9 Å². The molecule has 44 heavy (non-hydrogen) atoms. The van der Waals surface area contributed by atoms with Crippen LogP contribution >= 0.6 is 0 Å². The van der Waals surface area contributed by atoms with Crippen LogP contribution in [0.3, 0.4) is 0 Å². The molecule has 2 aliphatic rings. The Morgan fingerprint density at radius 3 is 1.55 bits per heavy atom. The number of esters is 2. The molecule has 4 atom stereocenters. The summed E-state index contributed by atoms with van der Waals surface area (Å²) in [5, 5.41) is -1.41. The zero-order valence-corrected chi connectivity index (χ0v) is 26.3. The van der Waals surface area contributed by atoms with Gasteiger partial charge in [0, 0.05) is 12.8 Å². The summed E-state index contributed by atoms with van der Waals surface area (Å²) >= 11 is 0. The molecule has 5 rings (SSSR count). The zero-order chi connectivity index (χ0) is 31.7. The molecule has 0 aromatic heterocycles. The Balaban J connectivity index is 1.86. The van der Waals surface area contributed by atoms with Crippen molar-refractivity contribution in [1.82, 2.24) is 0 Å². The SMILES string of the molecule is CCCC(=O)OC(OC(=O)CCC)C1C(S(=O)(=O)c2ccccc2)C2(C)C(=O)C1(C)C(c1ccccc1)=C2c1ccccc1. The van der Waals surface area contributed by atoms with Gasteiger partial charge in [0.15, 0.2) is 15.6 Å². The van der Waals surface area contributed by atoms with Crippen LogP contribution in [0.2, 0.25) is 0 Å². The molecule has 2 bridgehead atoms. The third kappa shape index (κ3) is 4.99. The minimum absolute atomic E-state index is 0.0346. The first-order chi connectivity index (χ1) is 21.0. The summed E-state index contributed by atoms with van der Waals surface area (Å²) in [6.45, 7) is 7.02. The van der Waals surface area contributed by atoms with Gasteiger partial charge in [0.05, 0.1) is 26.9 Å². The number of carbonyl (C=O) groups is 3. The fourth-order valence-corrected chi connectivity index (χ4v) is 9.73. The second-order valence-electron chi connectivity index (χ2n) is 11.9. The summed E-state index contributed by atoms with van der Waals surface area (Å²) < 4.78 is 41.4. The zero-order valence-electron chi connectivity index (χ0n) is 25.5. The van der Waals surface area contributed by atoms with Gasteiger partial charge in [-0.25, -0.2) is 8.42 Å². The van der Waals surface area contributed by atoms with E-state index in [4.69, 9.17) is 9.47 Å². The summed E-state index contributed by atoms with van der Waals surface area (Å²) in [5.41, 5.74) is -0.365. The van der Waals surface area contributed by atoms with E-state index in [0.717, 1.165) is 11.1 Å². The van der Waals surface area contributed by atoms with Crippen molar-refractivity contribution in [2.75, 3.05) is 0 Å². The predicted octanol–water partition coefficient (Wildman–Crippen LogP) is 6.68. The summed E-state index contributed by atoms with van der Waals surface area (Å²) in [7, 11) is -4.27. The van der Waals surface area contributed by atoms with Crippen LogP contribution in [0, 0.1) is 16.7 Å². The van der Waals surface area contributed by atoms with Gasteiger partial charge < -0.3 is 9.47 Å². The van der Waals surface area contributed by atoms with E-state index in [1.54, 1.807) is 32.0 Å². The van der Waals surface area contributed by atoms with Crippen molar-refractivity contribution in [3.63, 3.8) is 0 Å². The van der Waals surface area contributed by atoms with Crippen LogP contribution in [0.1, 0.15) is 64.5 Å². The number of Topliss-reactive ketones (excluding diaryl/α,β-unsaturated/α-hetero) is 1. The molecular weight excluding hydrogens is 576 g/mol. The first-order valence-electron chi connectivity index (χ1n) is 15.1. The Hall–Kier alpha value is -4.04. The topological polar surface area (TPSA) is 104 Å². The number of benzene rings is 3. The minimum atomic E-state index is -4.27. The van der Waals surface area contributed by atoms with E-state index >= 15 is 4.79 Å². The fraction of sp³-hybridized carbons (Fsp3) is 0.361. The van der Waals surface area contributed by atoms with E-state index in [0.29, 0.717) is 24.0 Å². The molecule has 230 valence electrons. The number of ketones is 1. The maximum Gasteiger partial charge on any atom is 0.308 e. The summed E-state index contributed by atoms with van der Waals surface area (Å²) in [4.78, 5) is 41.1. The first kappa shape index (κ1) is 31.4. The van der Waals surface area contributed by atoms with Gasteiger partial charge in [0.1, 0.15) is 0 Å². The van der Waals surface area contributed by atoms with Gasteiger partial charge >= 0.3 is 11.9 Å². The molecule has 1 saturated carbocycles. The van der Waals surface area contributed by atoms with Gasteiger partial charge in [0.25, 0.3) is 6.29 Å². The highest BCUT2D eigenvalue weighted by Gasteiger charge is 2.77. The van der Waals surface area contributed by atoms with Gasteiger partial charge in [0.2, 0.25) is 0 Å². The quantitative estimate of drug-likeness (QED) is 0.175. The van der Waals surface area contributed by atoms with Gasteiger partial charge in [-0.15, -0.1) is 0 Å². The monoisotopic (exact) mass is 614 g/mol. The van der Waals surface area contributed by atoms with Crippen LogP contribution in [-0.2, 0) is 33.7 Å². The van der Waals surface area contributed by atoms with Crippen LogP contribution < -0.4 is 0 Å². The molecular formula is C36H38O7S. The summed E-state index contributed by atoms with van der Waals surface area (Å²) in [6, 6.07) is 26.7. The lowest BCUT2D eigenvalue weighted by Gasteiger charge is -2.43. The van der Waals surface area contributed by atoms with Crippen molar-refractivity contribution in [2.24, 2.45) is 16.7 Å². The smallest absolute Gasteiger partial charge is 0.308 e. The van der Waals surface area contributed by atoms with Crippen molar-refractivity contribution in [3.05, 3.63) is 102 Å². The molecule has 3 aromatic carbocycles. The number of sulfone groups is 1. The third-order valence-electron chi connectivity index (χ3n) is 9.02. The highest BCUT2D eigenvalue weighted by molar-refractivity contribution is 7.92. The minimum Gasteiger partial charge on any atom is -0.425 e. The van der Waals surface area contributed by atoms with Crippen LogP contribution in [0.25, 0.3) is 11.1 Å². The number of hydrogen-bond acceptors (Lipinski definition) is 7. The Bertz CT molecular complexity index is 1660. The normalized spacial score (nSPS) is 24.5. The standard InChI is InChI=1S/C36H38O7S/c1-5-16-27(37)42-33(43-28(38)17-6-2)31-32(44(40,41)26-22-14-9-15-23-26)36(4)30(25-20-12-8-13-21-25)29(35(31,3)34(36)39)24-18-10-7-11-19-24/h7-15,18-23,31-33H,5-6,16-17H2,1-4H3. The third-order valence-corrected chi connectivity index (χ3v) is 11.4. The highest BCUT2D eigenvalue weighted by Crippen LogP contribution is 2.72. The molecule has 0 saturated heterocycles. The van der Waals surface area contributed by atoms with Gasteiger partial charge in [-0.3, -0.25) is 14.4 Å². The van der Waals surface area contributed by atoms with E-state index < -0.39 is 50.1 Å². The van der Waals surface area contributed by atoms with Crippen molar-refractivity contribution < 1.29 is 32.3 Å². The highest BCUT2D eigenvalue weighted by atomic mass is 32.2. The van der Waals surface area contributed by atoms with E-state index in [1.165, 1.54) is 12.1 Å². The fourth-order valence-electron chi connectivity index (χ4n) is 7.27. The maximum atomic E-state index is 15.0. The van der Waals surface area contributed by atoms with Crippen molar-refractivity contribution in [1.29, 1.82) is 0 Å². The number of allylic oxidation sites excluding steroid dienone is 2. The lowest BCUT2D eigenvalue weighted by molar-refractivity contribution is -0.202. The summed E-state index contributed by atoms with van der Waals surface area (Å²) in [6.07, 6.45) is -0.562. The molecule has 1 fully saturated rings. The van der Waals surface area contributed by atoms with Gasteiger partial charge in [-0.05, 0) is 61.1 Å². The lowest BCUT2D eigenvalue weighted by Crippen LogP contribution is -2.51. The Kier molecular flexibility index (Phi) is 8.67. The summed E-state index contributed by atoms with van der Waals surface area (Å²) in [5.74, 6) is -2.81. The molecule has 0 amide bonds. The van der Waals surface area contributed by atoms with Crippen LogP contribution in [0.4, 0.5) is 0 Å². The molecule has 2 aliphatic carbocycles. The Morgan fingerprint density at radius 1 is 0.705 bits per heavy atom. The Morgan fingerprint density at radius 2 is 1.11 bits per heavy atom. The molecule has 4 unspecified atom stereocenters. The lowest BCUT2D eigenvalue weighted by atomic mass is 9.67. The number of rotatable bonds is 11. The van der Waals surface area contributed by atoms with Crippen molar-refractivity contribution >= 4 is 38.7 Å². The molecule has 0 spiro atoms. The average molecular weight is 615 g/mol. The van der Waals surface area contributed by atoms with E-state index in [9.17, 15) is 18.0 Å². The van der Waals surface area contributed by atoms with E-state index in [2.05, 4.69) is 0 Å². The van der Waals surface area contributed by atoms with Crippen molar-refractivity contribution in [2.45, 2.75) is 69.8 Å². The second kappa shape index (κ2) is 12.2. The Labute approximate surface area is 259 Å². The first-order valence-corrected chi connectivity index (χ1v) is 16.7. The molecule has 0 radical (unpaired) electrons. The van der Waals surface area contributed by atoms with E-state index in [-0.39, 0.29) is 23.5 Å². The molecule has 7 nitrogen and oxygen atoms in total. The number of fused-ring (bicyclic) bond motifs is 2. The molecule has 0 N–H and O–H groups in total. The predicted molar refractivity (Wildman–Crippen MR) is 168 cm³/mol. The molecule has 8 heteroatoms. The van der Waals surface area contributed by atoms with Crippen LogP contribution in [-0.4, -0.2) is 37.7 Å². The van der Waals surface area contributed by atoms with Gasteiger partial charge in [-0.1, -0.05) is 92.7 Å². The molecule has 3 aromatic rings. The number of carbonyl (C=O) groups excluding carboxylic acids is 3. The van der Waals surface area contributed by atoms with E-state index in [1.807, 2.05) is 74.5 Å². The van der Waals surface area contributed by atoms with Crippen LogP contribution in [0.5, 0.6) is 0 Å². The molecule has 0 aliphatic heterocycles. The number of hydrogen-bond donors (Lipinski definition) is 0. The largest absolute Gasteiger partial charge is 0.425 e. The molecule has 0 heterocycles.